The maximum absolute atomic E-state index is 11.9. The molecule has 1 amide bonds. The standard InChI is InChI=1S/C10H14BrN5O5/c11-9-13-3-6(14-10(12)15-7(3)20)16(9)8-5(19)4(18)2(1-17)21-8/h2,4-5,8,10,17-19H,1,12H2,(H2,14,15,20)/p+2/t2-,4-,5+,8-,10+/m1/s1. The van der Waals surface area contributed by atoms with E-state index in [0.717, 1.165) is 0 Å². The fourth-order valence-electron chi connectivity index (χ4n) is 2.51. The van der Waals surface area contributed by atoms with Crippen LogP contribution in [0.25, 0.3) is 0 Å². The van der Waals surface area contributed by atoms with Gasteiger partial charge in [-0.1, -0.05) is 0 Å². The zero-order chi connectivity index (χ0) is 15.3. The van der Waals surface area contributed by atoms with Crippen LogP contribution in [0.2, 0.25) is 0 Å². The van der Waals surface area contributed by atoms with E-state index in [-0.39, 0.29) is 11.6 Å². The number of amides is 1. The number of H-pyrrole nitrogens is 1. The van der Waals surface area contributed by atoms with E-state index in [2.05, 4.69) is 37.3 Å². The van der Waals surface area contributed by atoms with Crippen molar-refractivity contribution >= 4 is 27.7 Å². The summed E-state index contributed by atoms with van der Waals surface area (Å²) in [4.78, 5) is 14.7. The Balaban J connectivity index is 2.02. The van der Waals surface area contributed by atoms with E-state index in [0.29, 0.717) is 10.6 Å². The Morgan fingerprint density at radius 2 is 2.05 bits per heavy atom. The molecule has 1 saturated heterocycles. The molecule has 11 heteroatoms. The zero-order valence-electron chi connectivity index (χ0n) is 10.8. The summed E-state index contributed by atoms with van der Waals surface area (Å²) in [6.07, 6.45) is -4.88. The van der Waals surface area contributed by atoms with Crippen molar-refractivity contribution in [2.24, 2.45) is 0 Å². The SMILES string of the molecule is [NH3+][C@@H]1NC(=O)c2[nH]c(Br)[n+]([C@@H]3O[C@H](CO)[C@@H](O)[C@@H]3O)c2N1. The summed E-state index contributed by atoms with van der Waals surface area (Å²) in [5.74, 6) is 0.0235. The van der Waals surface area contributed by atoms with Crippen LogP contribution in [0.5, 0.6) is 0 Å². The van der Waals surface area contributed by atoms with Crippen molar-refractivity contribution in [3.63, 3.8) is 0 Å². The normalized spacial score (nSPS) is 35.3. The number of halogens is 1. The monoisotopic (exact) mass is 365 g/mol. The molecule has 2 aliphatic heterocycles. The number of nitrogens with one attached hydrogen (secondary N) is 3. The lowest BCUT2D eigenvalue weighted by Gasteiger charge is -2.19. The van der Waals surface area contributed by atoms with Crippen molar-refractivity contribution in [2.75, 3.05) is 11.9 Å². The highest BCUT2D eigenvalue weighted by atomic mass is 79.9. The van der Waals surface area contributed by atoms with Crippen LogP contribution in [0.1, 0.15) is 16.7 Å². The Morgan fingerprint density at radius 3 is 2.67 bits per heavy atom. The van der Waals surface area contributed by atoms with Crippen molar-refractivity contribution in [1.82, 2.24) is 10.3 Å². The smallest absolute Gasteiger partial charge is 0.297 e. The Morgan fingerprint density at radius 1 is 1.33 bits per heavy atom. The van der Waals surface area contributed by atoms with Crippen molar-refractivity contribution in [3.05, 3.63) is 10.4 Å². The first kappa shape index (κ1) is 14.7. The zero-order valence-corrected chi connectivity index (χ0v) is 12.4. The maximum Gasteiger partial charge on any atom is 0.297 e. The van der Waals surface area contributed by atoms with Gasteiger partial charge in [0.15, 0.2) is 0 Å². The second kappa shape index (κ2) is 5.19. The van der Waals surface area contributed by atoms with E-state index in [1.807, 2.05) is 0 Å². The molecule has 0 aromatic carbocycles. The number of aliphatic hydroxyl groups is 3. The molecule has 3 heterocycles. The molecule has 10 nitrogen and oxygen atoms in total. The first-order valence-electron chi connectivity index (χ1n) is 6.30. The predicted octanol–water partition coefficient (Wildman–Crippen LogP) is -3.64. The lowest BCUT2D eigenvalue weighted by molar-refractivity contribution is -0.762. The summed E-state index contributed by atoms with van der Waals surface area (Å²) in [5, 5.41) is 34.6. The third kappa shape index (κ3) is 2.22. The number of nitrogens with zero attached hydrogens (tertiary/aromatic N) is 1. The average Bonchev–Trinajstić information content (AvgIpc) is 2.89. The molecular weight excluding hydrogens is 350 g/mol. The highest BCUT2D eigenvalue weighted by Gasteiger charge is 2.49. The Hall–Kier alpha value is -1.24. The minimum absolute atomic E-state index is 0.250. The van der Waals surface area contributed by atoms with E-state index in [9.17, 15) is 15.0 Å². The topological polar surface area (TPSA) is 158 Å². The minimum Gasteiger partial charge on any atom is -0.394 e. The highest BCUT2D eigenvalue weighted by molar-refractivity contribution is 9.10. The Kier molecular flexibility index (Phi) is 3.63. The second-order valence-electron chi connectivity index (χ2n) is 4.91. The summed E-state index contributed by atoms with van der Waals surface area (Å²) >= 11 is 3.26. The molecule has 1 aromatic rings. The highest BCUT2D eigenvalue weighted by Crippen LogP contribution is 2.29. The van der Waals surface area contributed by atoms with E-state index < -0.39 is 37.4 Å². The summed E-state index contributed by atoms with van der Waals surface area (Å²) in [6, 6.07) is 0. The number of aliphatic hydroxyl groups excluding tert-OH is 3. The van der Waals surface area contributed by atoms with Gasteiger partial charge in [0.05, 0.1) is 6.61 Å². The maximum atomic E-state index is 11.9. The quantitative estimate of drug-likeness (QED) is 0.268. The van der Waals surface area contributed by atoms with Gasteiger partial charge in [-0.2, -0.15) is 4.57 Å². The van der Waals surface area contributed by atoms with Crippen LogP contribution in [0.3, 0.4) is 0 Å². The number of hydrogen-bond donors (Lipinski definition) is 7. The molecule has 5 atom stereocenters. The van der Waals surface area contributed by atoms with Gasteiger partial charge in [-0.15, -0.1) is 0 Å². The largest absolute Gasteiger partial charge is 0.394 e. The van der Waals surface area contributed by atoms with Crippen molar-refractivity contribution < 1.29 is 35.2 Å². The third-order valence-electron chi connectivity index (χ3n) is 3.53. The fraction of sp³-hybridized carbons (Fsp3) is 0.600. The predicted molar refractivity (Wildman–Crippen MR) is 69.5 cm³/mol. The van der Waals surface area contributed by atoms with Gasteiger partial charge in [0, 0.05) is 15.9 Å². The molecule has 1 aromatic heterocycles. The van der Waals surface area contributed by atoms with Crippen LogP contribution < -0.4 is 20.9 Å². The van der Waals surface area contributed by atoms with Crippen LogP contribution in [0, 0.1) is 0 Å². The first-order chi connectivity index (χ1) is 9.93. The molecule has 3 rings (SSSR count). The van der Waals surface area contributed by atoms with E-state index >= 15 is 0 Å². The van der Waals surface area contributed by atoms with Crippen LogP contribution in [-0.4, -0.2) is 57.4 Å². The number of ether oxygens (including phenoxy) is 1. The fourth-order valence-corrected chi connectivity index (χ4v) is 3.09. The number of imidazole rings is 1. The van der Waals surface area contributed by atoms with Crippen molar-refractivity contribution in [1.29, 1.82) is 0 Å². The number of rotatable bonds is 2. The van der Waals surface area contributed by atoms with Gasteiger partial charge in [0.25, 0.3) is 22.7 Å². The van der Waals surface area contributed by atoms with Gasteiger partial charge >= 0.3 is 0 Å². The average molecular weight is 366 g/mol. The molecular formula is C10H16BrN5O5+2. The molecule has 0 radical (unpaired) electrons. The number of carbonyl (C=O) groups excluding carboxylic acids is 1. The number of aromatic amines is 1. The van der Waals surface area contributed by atoms with Crippen LogP contribution in [-0.2, 0) is 4.74 Å². The second-order valence-corrected chi connectivity index (χ2v) is 5.66. The summed E-state index contributed by atoms with van der Waals surface area (Å²) in [5.41, 5.74) is 3.96. The molecule has 21 heavy (non-hydrogen) atoms. The molecule has 0 aliphatic carbocycles. The van der Waals surface area contributed by atoms with E-state index in [1.165, 1.54) is 4.57 Å². The van der Waals surface area contributed by atoms with E-state index in [1.54, 1.807) is 0 Å². The molecule has 2 aliphatic rings. The molecule has 9 N–H and O–H groups in total. The lowest BCUT2D eigenvalue weighted by Crippen LogP contribution is -2.75. The number of anilines is 1. The minimum atomic E-state index is -1.25. The number of hydrogen-bond acceptors (Lipinski definition) is 6. The molecule has 0 spiro atoms. The van der Waals surface area contributed by atoms with Gasteiger partial charge in [-0.3, -0.25) is 15.1 Å². The van der Waals surface area contributed by atoms with Gasteiger partial charge in [0.2, 0.25) is 11.9 Å². The number of quaternary nitrogens is 1. The third-order valence-corrected chi connectivity index (χ3v) is 4.11. The first-order valence-corrected chi connectivity index (χ1v) is 7.09. The molecule has 0 saturated carbocycles. The van der Waals surface area contributed by atoms with Gasteiger partial charge in [-0.25, -0.2) is 5.32 Å². The Labute approximate surface area is 127 Å². The number of fused-ring (bicyclic) bond motifs is 1. The molecule has 1 fully saturated rings. The van der Waals surface area contributed by atoms with Crippen LogP contribution >= 0.6 is 15.9 Å². The van der Waals surface area contributed by atoms with Gasteiger partial charge < -0.3 is 25.8 Å². The van der Waals surface area contributed by atoms with Crippen LogP contribution in [0.15, 0.2) is 4.73 Å². The Bertz CT molecular complexity index is 580. The summed E-state index contributed by atoms with van der Waals surface area (Å²) < 4.78 is 7.31. The van der Waals surface area contributed by atoms with Gasteiger partial charge in [0.1, 0.15) is 18.3 Å². The van der Waals surface area contributed by atoms with Gasteiger partial charge in [-0.05, 0) is 0 Å². The molecule has 0 unspecified atom stereocenters. The van der Waals surface area contributed by atoms with Crippen LogP contribution in [0.4, 0.5) is 5.82 Å². The number of aromatic nitrogens is 2. The lowest BCUT2D eigenvalue weighted by atomic mass is 10.1. The summed E-state index contributed by atoms with van der Waals surface area (Å²) in [6.45, 7) is -0.425. The van der Waals surface area contributed by atoms with E-state index in [4.69, 9.17) is 9.84 Å². The molecule has 116 valence electrons. The summed E-state index contributed by atoms with van der Waals surface area (Å²) in [7, 11) is 0. The number of carbonyl (C=O) groups is 1. The van der Waals surface area contributed by atoms with Crippen molar-refractivity contribution in [2.45, 2.75) is 30.8 Å². The molecule has 0 bridgehead atoms. The van der Waals surface area contributed by atoms with Crippen molar-refractivity contribution in [3.8, 4) is 0 Å².